The highest BCUT2D eigenvalue weighted by Crippen LogP contribution is 2.17. The van der Waals surface area contributed by atoms with Gasteiger partial charge < -0.3 is 10.0 Å². The first-order valence-corrected chi connectivity index (χ1v) is 11.0. The van der Waals surface area contributed by atoms with Gasteiger partial charge in [0.25, 0.3) is 0 Å². The van der Waals surface area contributed by atoms with Crippen molar-refractivity contribution in [1.29, 1.82) is 0 Å². The third-order valence-electron chi connectivity index (χ3n) is 5.08. The summed E-state index contributed by atoms with van der Waals surface area (Å²) in [6.07, 6.45) is 1.59. The van der Waals surface area contributed by atoms with Crippen molar-refractivity contribution >= 4 is 16.0 Å². The Balaban J connectivity index is 1.46. The molecule has 150 valence electrons. The first-order valence-electron chi connectivity index (χ1n) is 9.52. The van der Waals surface area contributed by atoms with Crippen molar-refractivity contribution in [3.63, 3.8) is 0 Å². The van der Waals surface area contributed by atoms with Crippen LogP contribution >= 0.6 is 0 Å². The average Bonchev–Trinajstić information content (AvgIpc) is 2.72. The minimum Gasteiger partial charge on any atom is -0.481 e. The molecule has 1 fully saturated rings. The van der Waals surface area contributed by atoms with Crippen molar-refractivity contribution in [2.24, 2.45) is 0 Å². The van der Waals surface area contributed by atoms with Gasteiger partial charge in [-0.05, 0) is 36.1 Å². The zero-order valence-electron chi connectivity index (χ0n) is 15.8. The summed E-state index contributed by atoms with van der Waals surface area (Å²) in [6.45, 7) is 3.34. The molecular formula is C21H26N2O4S. The first-order chi connectivity index (χ1) is 13.4. The number of benzene rings is 2. The Morgan fingerprint density at radius 3 is 2.00 bits per heavy atom. The Hall–Kier alpha value is -2.22. The number of piperazine rings is 1. The van der Waals surface area contributed by atoms with Crippen LogP contribution in [0.3, 0.4) is 0 Å². The van der Waals surface area contributed by atoms with E-state index in [1.54, 1.807) is 28.6 Å². The lowest BCUT2D eigenvalue weighted by atomic mass is 10.1. The highest BCUT2D eigenvalue weighted by molar-refractivity contribution is 7.89. The molecule has 28 heavy (non-hydrogen) atoms. The van der Waals surface area contributed by atoms with Gasteiger partial charge in [0.1, 0.15) is 0 Å². The lowest BCUT2D eigenvalue weighted by Crippen LogP contribution is -2.48. The predicted octanol–water partition coefficient (Wildman–Crippen LogP) is 2.25. The van der Waals surface area contributed by atoms with E-state index in [-0.39, 0.29) is 6.42 Å². The van der Waals surface area contributed by atoms with Crippen LogP contribution in [0.2, 0.25) is 0 Å². The number of rotatable bonds is 8. The maximum Gasteiger partial charge on any atom is 0.303 e. The third-order valence-corrected chi connectivity index (χ3v) is 6.99. The van der Waals surface area contributed by atoms with Gasteiger partial charge in [0.05, 0.1) is 4.90 Å². The second-order valence-electron chi connectivity index (χ2n) is 7.02. The normalized spacial score (nSPS) is 16.1. The number of sulfonamides is 1. The summed E-state index contributed by atoms with van der Waals surface area (Å²) < 4.78 is 26.9. The van der Waals surface area contributed by atoms with Gasteiger partial charge in [-0.15, -0.1) is 0 Å². The summed E-state index contributed by atoms with van der Waals surface area (Å²) >= 11 is 0. The zero-order chi connectivity index (χ0) is 20.0. The van der Waals surface area contributed by atoms with Crippen LogP contribution in [0, 0.1) is 0 Å². The summed E-state index contributed by atoms with van der Waals surface area (Å²) in [7, 11) is -3.40. The fourth-order valence-electron chi connectivity index (χ4n) is 3.35. The maximum atomic E-state index is 12.7. The predicted molar refractivity (Wildman–Crippen MR) is 108 cm³/mol. The topological polar surface area (TPSA) is 77.9 Å². The minimum atomic E-state index is -3.40. The molecule has 1 aliphatic heterocycles. The average molecular weight is 403 g/mol. The van der Waals surface area contributed by atoms with E-state index in [2.05, 4.69) is 4.90 Å². The highest BCUT2D eigenvalue weighted by atomic mass is 32.2. The van der Waals surface area contributed by atoms with Crippen molar-refractivity contribution in [1.82, 2.24) is 9.21 Å². The molecule has 1 saturated heterocycles. The molecule has 0 aromatic heterocycles. The quantitative estimate of drug-likeness (QED) is 0.733. The Morgan fingerprint density at radius 1 is 0.857 bits per heavy atom. The number of carboxylic acids is 1. The maximum absolute atomic E-state index is 12.7. The molecular weight excluding hydrogens is 376 g/mol. The second-order valence-corrected chi connectivity index (χ2v) is 8.96. The van der Waals surface area contributed by atoms with Crippen molar-refractivity contribution < 1.29 is 18.3 Å². The number of hydrogen-bond acceptors (Lipinski definition) is 4. The summed E-state index contributed by atoms with van der Waals surface area (Å²) in [5, 5.41) is 8.74. The van der Waals surface area contributed by atoms with Crippen molar-refractivity contribution in [2.45, 2.75) is 24.2 Å². The molecule has 0 amide bonds. The number of nitrogens with zero attached hydrogens (tertiary/aromatic N) is 2. The number of aryl methyl sites for hydroxylation is 1. The lowest BCUT2D eigenvalue weighted by Gasteiger charge is -2.34. The van der Waals surface area contributed by atoms with Gasteiger partial charge in [-0.25, -0.2) is 8.42 Å². The molecule has 0 bridgehead atoms. The van der Waals surface area contributed by atoms with Crippen LogP contribution in [-0.4, -0.2) is 61.4 Å². The Bertz CT molecular complexity index is 874. The lowest BCUT2D eigenvalue weighted by molar-refractivity contribution is -0.136. The molecule has 0 unspecified atom stereocenters. The van der Waals surface area contributed by atoms with E-state index >= 15 is 0 Å². The number of hydrogen-bond donors (Lipinski definition) is 1. The second kappa shape index (κ2) is 9.32. The standard InChI is InChI=1S/C21H26N2O4S/c24-21(25)11-10-18-6-8-19(9-7-18)12-13-22-14-16-23(17-15-22)28(26,27)20-4-2-1-3-5-20/h1-9H,10-17H2,(H,24,25). The molecule has 6 nitrogen and oxygen atoms in total. The van der Waals surface area contributed by atoms with Gasteiger partial charge in [0, 0.05) is 39.1 Å². The number of carbonyl (C=O) groups is 1. The van der Waals surface area contributed by atoms with E-state index in [1.807, 2.05) is 30.3 Å². The molecule has 0 spiro atoms. The van der Waals surface area contributed by atoms with Gasteiger partial charge >= 0.3 is 5.97 Å². The summed E-state index contributed by atoms with van der Waals surface area (Å²) in [5.74, 6) is -0.780. The molecule has 1 N–H and O–H groups in total. The van der Waals surface area contributed by atoms with Crippen molar-refractivity contribution in [3.8, 4) is 0 Å². The Labute approximate surface area is 166 Å². The van der Waals surface area contributed by atoms with Crippen molar-refractivity contribution in [3.05, 3.63) is 65.7 Å². The van der Waals surface area contributed by atoms with E-state index in [0.29, 0.717) is 24.4 Å². The highest BCUT2D eigenvalue weighted by Gasteiger charge is 2.28. The van der Waals surface area contributed by atoms with Crippen molar-refractivity contribution in [2.75, 3.05) is 32.7 Å². The molecule has 2 aromatic carbocycles. The van der Waals surface area contributed by atoms with Crippen LogP contribution in [0.25, 0.3) is 0 Å². The molecule has 3 rings (SSSR count). The Morgan fingerprint density at radius 2 is 1.43 bits per heavy atom. The summed E-state index contributed by atoms with van der Waals surface area (Å²) in [5.41, 5.74) is 2.24. The zero-order valence-corrected chi connectivity index (χ0v) is 16.6. The smallest absolute Gasteiger partial charge is 0.303 e. The van der Waals surface area contributed by atoms with E-state index in [9.17, 15) is 13.2 Å². The molecule has 7 heteroatoms. The summed E-state index contributed by atoms with van der Waals surface area (Å²) in [6, 6.07) is 16.7. The van der Waals surface area contributed by atoms with Crippen LogP contribution in [0.1, 0.15) is 17.5 Å². The molecule has 2 aromatic rings. The fraction of sp³-hybridized carbons (Fsp3) is 0.381. The largest absolute Gasteiger partial charge is 0.481 e. The van der Waals surface area contributed by atoms with E-state index in [4.69, 9.17) is 5.11 Å². The molecule has 0 saturated carbocycles. The van der Waals surface area contributed by atoms with Gasteiger partial charge in [0.15, 0.2) is 0 Å². The van der Waals surface area contributed by atoms with Crippen LogP contribution in [0.4, 0.5) is 0 Å². The van der Waals surface area contributed by atoms with Crippen LogP contribution in [-0.2, 0) is 27.7 Å². The van der Waals surface area contributed by atoms with Crippen LogP contribution in [0.5, 0.6) is 0 Å². The molecule has 0 radical (unpaired) electrons. The SMILES string of the molecule is O=C(O)CCc1ccc(CCN2CCN(S(=O)(=O)c3ccccc3)CC2)cc1. The Kier molecular flexibility index (Phi) is 6.83. The molecule has 0 atom stereocenters. The fourth-order valence-corrected chi connectivity index (χ4v) is 4.79. The van der Waals surface area contributed by atoms with E-state index in [1.165, 1.54) is 5.56 Å². The van der Waals surface area contributed by atoms with Gasteiger partial charge in [-0.3, -0.25) is 4.79 Å². The molecule has 1 heterocycles. The number of aliphatic carboxylic acids is 1. The van der Waals surface area contributed by atoms with E-state index in [0.717, 1.165) is 31.6 Å². The molecule has 0 aliphatic carbocycles. The van der Waals surface area contributed by atoms with Gasteiger partial charge in [-0.2, -0.15) is 4.31 Å². The monoisotopic (exact) mass is 402 g/mol. The van der Waals surface area contributed by atoms with E-state index < -0.39 is 16.0 Å². The molecule has 1 aliphatic rings. The first kappa shape index (κ1) is 20.5. The summed E-state index contributed by atoms with van der Waals surface area (Å²) in [4.78, 5) is 13.3. The minimum absolute atomic E-state index is 0.148. The van der Waals surface area contributed by atoms with Gasteiger partial charge in [0.2, 0.25) is 10.0 Å². The van der Waals surface area contributed by atoms with Crippen LogP contribution < -0.4 is 0 Å². The van der Waals surface area contributed by atoms with Gasteiger partial charge in [-0.1, -0.05) is 42.5 Å². The number of carboxylic acid groups (broad SMARTS) is 1. The van der Waals surface area contributed by atoms with Crippen LogP contribution in [0.15, 0.2) is 59.5 Å². The third kappa shape index (κ3) is 5.41.